The monoisotopic (exact) mass is 236 g/mol. The second-order valence-corrected chi connectivity index (χ2v) is 3.75. The van der Waals surface area contributed by atoms with Crippen LogP contribution >= 0.6 is 0 Å². The molecule has 0 radical (unpaired) electrons. The van der Waals surface area contributed by atoms with Crippen molar-refractivity contribution in [1.29, 1.82) is 0 Å². The Kier molecular flexibility index (Phi) is 6.33. The van der Waals surface area contributed by atoms with Crippen molar-refractivity contribution >= 4 is 5.78 Å². The molecule has 0 N–H and O–H groups in total. The van der Waals surface area contributed by atoms with Gasteiger partial charge in [0.15, 0.2) is 5.78 Å². The molecular weight excluding hydrogens is 216 g/mol. The van der Waals surface area contributed by atoms with Gasteiger partial charge in [0.2, 0.25) is 0 Å². The molecule has 0 saturated carbocycles. The molecule has 0 aliphatic carbocycles. The molecule has 0 spiro atoms. The Balaban J connectivity index is 2.47. The molecule has 0 heterocycles. The Bertz CT molecular complexity index is 347. The number of carbonyl (C=O) groups is 1. The maximum atomic E-state index is 11.8. The fourth-order valence-corrected chi connectivity index (χ4v) is 1.48. The van der Waals surface area contributed by atoms with Gasteiger partial charge < -0.3 is 9.47 Å². The van der Waals surface area contributed by atoms with E-state index in [2.05, 4.69) is 0 Å². The van der Waals surface area contributed by atoms with E-state index >= 15 is 0 Å². The molecule has 17 heavy (non-hydrogen) atoms. The van der Waals surface area contributed by atoms with E-state index in [1.54, 1.807) is 6.07 Å². The highest BCUT2D eigenvalue weighted by Gasteiger charge is 2.06. The zero-order chi connectivity index (χ0) is 12.5. The summed E-state index contributed by atoms with van der Waals surface area (Å²) in [5.41, 5.74) is 0.691. The summed E-state index contributed by atoms with van der Waals surface area (Å²) < 4.78 is 10.7. The van der Waals surface area contributed by atoms with Crippen LogP contribution in [0.25, 0.3) is 0 Å². The van der Waals surface area contributed by atoms with E-state index in [4.69, 9.17) is 9.47 Å². The Morgan fingerprint density at radius 3 is 2.76 bits per heavy atom. The number of Topliss-reactive ketones (excluding diaryl/α,β-unsaturated/α-hetero) is 1. The van der Waals surface area contributed by atoms with Crippen molar-refractivity contribution in [3.8, 4) is 5.75 Å². The standard InChI is InChI=1S/C14H20O3/c1-3-9-16-10-8-14(15)12-6-5-7-13(11-12)17-4-2/h5-7,11H,3-4,8-10H2,1-2H3. The lowest BCUT2D eigenvalue weighted by atomic mass is 10.1. The number of hydrogen-bond donors (Lipinski definition) is 0. The average molecular weight is 236 g/mol. The van der Waals surface area contributed by atoms with Crippen LogP contribution in [0.2, 0.25) is 0 Å². The maximum Gasteiger partial charge on any atom is 0.165 e. The van der Waals surface area contributed by atoms with Crippen LogP contribution in [0, 0.1) is 0 Å². The first-order chi connectivity index (χ1) is 8.27. The number of carbonyl (C=O) groups excluding carboxylic acids is 1. The van der Waals surface area contributed by atoms with Gasteiger partial charge in [-0.15, -0.1) is 0 Å². The first kappa shape index (κ1) is 13.7. The molecule has 0 unspecified atom stereocenters. The highest BCUT2D eigenvalue weighted by Crippen LogP contribution is 2.14. The molecule has 1 aromatic rings. The summed E-state index contributed by atoms with van der Waals surface area (Å²) >= 11 is 0. The number of rotatable bonds is 8. The van der Waals surface area contributed by atoms with Gasteiger partial charge in [0.25, 0.3) is 0 Å². The van der Waals surface area contributed by atoms with E-state index in [1.165, 1.54) is 0 Å². The summed E-state index contributed by atoms with van der Waals surface area (Å²) in [6.45, 7) is 5.79. The highest BCUT2D eigenvalue weighted by atomic mass is 16.5. The van der Waals surface area contributed by atoms with Gasteiger partial charge in [-0.05, 0) is 25.5 Å². The number of ketones is 1. The van der Waals surface area contributed by atoms with E-state index in [0.717, 1.165) is 12.2 Å². The molecule has 0 aliphatic rings. The summed E-state index contributed by atoms with van der Waals surface area (Å²) in [5, 5.41) is 0. The van der Waals surface area contributed by atoms with Crippen molar-refractivity contribution in [1.82, 2.24) is 0 Å². The Hall–Kier alpha value is -1.35. The van der Waals surface area contributed by atoms with Crippen molar-refractivity contribution in [2.24, 2.45) is 0 Å². The fourth-order valence-electron chi connectivity index (χ4n) is 1.48. The van der Waals surface area contributed by atoms with E-state index in [1.807, 2.05) is 32.0 Å². The molecule has 3 nitrogen and oxygen atoms in total. The van der Waals surface area contributed by atoms with Crippen LogP contribution in [0.5, 0.6) is 5.75 Å². The van der Waals surface area contributed by atoms with Crippen LogP contribution in [0.4, 0.5) is 0 Å². The van der Waals surface area contributed by atoms with Crippen LogP contribution in [0.1, 0.15) is 37.0 Å². The average Bonchev–Trinajstić information content (AvgIpc) is 2.35. The molecule has 0 saturated heterocycles. The molecular formula is C14H20O3. The lowest BCUT2D eigenvalue weighted by molar-refractivity contribution is 0.0878. The minimum absolute atomic E-state index is 0.0997. The first-order valence-electron chi connectivity index (χ1n) is 6.11. The van der Waals surface area contributed by atoms with Crippen molar-refractivity contribution in [2.45, 2.75) is 26.7 Å². The molecule has 3 heteroatoms. The summed E-state index contributed by atoms with van der Waals surface area (Å²) in [4.78, 5) is 11.8. The van der Waals surface area contributed by atoms with Crippen LogP contribution in [-0.2, 0) is 4.74 Å². The molecule has 1 aromatic carbocycles. The topological polar surface area (TPSA) is 35.5 Å². The highest BCUT2D eigenvalue weighted by molar-refractivity contribution is 5.96. The van der Waals surface area contributed by atoms with Gasteiger partial charge in [-0.25, -0.2) is 0 Å². The summed E-state index contributed by atoms with van der Waals surface area (Å²) in [5.74, 6) is 0.843. The minimum atomic E-state index is 0.0997. The smallest absolute Gasteiger partial charge is 0.165 e. The van der Waals surface area contributed by atoms with E-state index in [9.17, 15) is 4.79 Å². The van der Waals surface area contributed by atoms with Gasteiger partial charge in [0, 0.05) is 18.6 Å². The van der Waals surface area contributed by atoms with Crippen molar-refractivity contribution < 1.29 is 14.3 Å². The molecule has 0 fully saturated rings. The Labute approximate surface area is 103 Å². The predicted octanol–water partition coefficient (Wildman–Crippen LogP) is 3.08. The van der Waals surface area contributed by atoms with E-state index < -0.39 is 0 Å². The van der Waals surface area contributed by atoms with Crippen LogP contribution in [0.15, 0.2) is 24.3 Å². The van der Waals surface area contributed by atoms with Crippen LogP contribution in [-0.4, -0.2) is 25.6 Å². The van der Waals surface area contributed by atoms with Crippen LogP contribution in [0.3, 0.4) is 0 Å². The normalized spacial score (nSPS) is 10.2. The van der Waals surface area contributed by atoms with E-state index in [0.29, 0.717) is 31.8 Å². The third-order valence-corrected chi connectivity index (χ3v) is 2.29. The van der Waals surface area contributed by atoms with Gasteiger partial charge in [-0.1, -0.05) is 19.1 Å². The predicted molar refractivity (Wildman–Crippen MR) is 67.7 cm³/mol. The molecule has 0 aliphatic heterocycles. The van der Waals surface area contributed by atoms with Crippen molar-refractivity contribution in [3.63, 3.8) is 0 Å². The SMILES string of the molecule is CCCOCCC(=O)c1cccc(OCC)c1. The summed E-state index contributed by atoms with van der Waals surface area (Å²) in [6, 6.07) is 7.29. The molecule has 0 aromatic heterocycles. The lowest BCUT2D eigenvalue weighted by Gasteiger charge is -2.06. The second-order valence-electron chi connectivity index (χ2n) is 3.75. The zero-order valence-electron chi connectivity index (χ0n) is 10.6. The number of hydrogen-bond acceptors (Lipinski definition) is 3. The minimum Gasteiger partial charge on any atom is -0.494 e. The van der Waals surface area contributed by atoms with E-state index in [-0.39, 0.29) is 5.78 Å². The van der Waals surface area contributed by atoms with Gasteiger partial charge in [-0.2, -0.15) is 0 Å². The second kappa shape index (κ2) is 7.85. The molecule has 94 valence electrons. The van der Waals surface area contributed by atoms with Gasteiger partial charge in [-0.3, -0.25) is 4.79 Å². The third kappa shape index (κ3) is 5.00. The molecule has 0 amide bonds. The largest absolute Gasteiger partial charge is 0.494 e. The van der Waals surface area contributed by atoms with Crippen molar-refractivity contribution in [3.05, 3.63) is 29.8 Å². The molecule has 1 rings (SSSR count). The Morgan fingerprint density at radius 1 is 1.24 bits per heavy atom. The van der Waals surface area contributed by atoms with Gasteiger partial charge >= 0.3 is 0 Å². The van der Waals surface area contributed by atoms with Crippen molar-refractivity contribution in [2.75, 3.05) is 19.8 Å². The number of benzene rings is 1. The van der Waals surface area contributed by atoms with Gasteiger partial charge in [0.1, 0.15) is 5.75 Å². The number of ether oxygens (including phenoxy) is 2. The first-order valence-corrected chi connectivity index (χ1v) is 6.11. The quantitative estimate of drug-likeness (QED) is 0.514. The third-order valence-electron chi connectivity index (χ3n) is 2.29. The maximum absolute atomic E-state index is 11.8. The zero-order valence-corrected chi connectivity index (χ0v) is 10.6. The molecule has 0 atom stereocenters. The Morgan fingerprint density at radius 2 is 2.06 bits per heavy atom. The van der Waals surface area contributed by atoms with Crippen LogP contribution < -0.4 is 4.74 Å². The summed E-state index contributed by atoms with van der Waals surface area (Å²) in [7, 11) is 0. The fraction of sp³-hybridized carbons (Fsp3) is 0.500. The lowest BCUT2D eigenvalue weighted by Crippen LogP contribution is -2.05. The molecule has 0 bridgehead atoms. The summed E-state index contributed by atoms with van der Waals surface area (Å²) in [6.07, 6.45) is 1.41. The van der Waals surface area contributed by atoms with Gasteiger partial charge in [0.05, 0.1) is 13.2 Å².